The molecule has 94 valence electrons. The highest BCUT2D eigenvalue weighted by Crippen LogP contribution is 2.10. The minimum atomic E-state index is -0.0980. The molecular formula is C13H20N2O2. The number of carbonyl (C=O) groups excluding carboxylic acids is 1. The summed E-state index contributed by atoms with van der Waals surface area (Å²) in [6, 6.07) is 7.03. The minimum Gasteiger partial charge on any atom is -0.497 e. The SMILES string of the molecule is CCCC(N)CNC(=O)c1ccc(OC)cc1. The number of ether oxygens (including phenoxy) is 1. The van der Waals surface area contributed by atoms with E-state index in [1.54, 1.807) is 31.4 Å². The van der Waals surface area contributed by atoms with Crippen molar-refractivity contribution in [2.45, 2.75) is 25.8 Å². The molecule has 0 saturated heterocycles. The van der Waals surface area contributed by atoms with Crippen molar-refractivity contribution in [3.05, 3.63) is 29.8 Å². The Balaban J connectivity index is 2.46. The molecule has 0 heterocycles. The Kier molecular flexibility index (Phi) is 5.49. The van der Waals surface area contributed by atoms with Crippen LogP contribution in [0.15, 0.2) is 24.3 Å². The van der Waals surface area contributed by atoms with Gasteiger partial charge in [-0.2, -0.15) is 0 Å². The molecule has 1 atom stereocenters. The second-order valence-corrected chi connectivity index (χ2v) is 3.99. The van der Waals surface area contributed by atoms with Gasteiger partial charge in [0.25, 0.3) is 5.91 Å². The summed E-state index contributed by atoms with van der Waals surface area (Å²) in [4.78, 5) is 11.7. The highest BCUT2D eigenvalue weighted by Gasteiger charge is 2.07. The van der Waals surface area contributed by atoms with Crippen molar-refractivity contribution >= 4 is 5.91 Å². The minimum absolute atomic E-state index is 0.0298. The quantitative estimate of drug-likeness (QED) is 0.787. The molecule has 0 aliphatic rings. The summed E-state index contributed by atoms with van der Waals surface area (Å²) in [7, 11) is 1.60. The lowest BCUT2D eigenvalue weighted by atomic mass is 10.1. The third-order valence-corrected chi connectivity index (χ3v) is 2.54. The van der Waals surface area contributed by atoms with Crippen molar-refractivity contribution in [1.82, 2.24) is 5.32 Å². The zero-order valence-electron chi connectivity index (χ0n) is 10.4. The molecule has 4 heteroatoms. The van der Waals surface area contributed by atoms with Crippen molar-refractivity contribution in [3.63, 3.8) is 0 Å². The lowest BCUT2D eigenvalue weighted by molar-refractivity contribution is 0.0950. The lowest BCUT2D eigenvalue weighted by Gasteiger charge is -2.11. The van der Waals surface area contributed by atoms with E-state index in [4.69, 9.17) is 10.5 Å². The molecule has 1 aromatic carbocycles. The molecule has 1 rings (SSSR count). The van der Waals surface area contributed by atoms with Gasteiger partial charge in [0.1, 0.15) is 5.75 Å². The predicted octanol–water partition coefficient (Wildman–Crippen LogP) is 1.55. The number of hydrogen-bond acceptors (Lipinski definition) is 3. The van der Waals surface area contributed by atoms with Crippen molar-refractivity contribution < 1.29 is 9.53 Å². The maximum atomic E-state index is 11.7. The van der Waals surface area contributed by atoms with Gasteiger partial charge < -0.3 is 15.8 Å². The van der Waals surface area contributed by atoms with Gasteiger partial charge in [0.05, 0.1) is 7.11 Å². The Labute approximate surface area is 102 Å². The van der Waals surface area contributed by atoms with Crippen LogP contribution in [0.2, 0.25) is 0 Å². The van der Waals surface area contributed by atoms with Gasteiger partial charge in [0.15, 0.2) is 0 Å². The van der Waals surface area contributed by atoms with Crippen LogP contribution in [0.3, 0.4) is 0 Å². The van der Waals surface area contributed by atoms with E-state index in [1.165, 1.54) is 0 Å². The summed E-state index contributed by atoms with van der Waals surface area (Å²) in [6.45, 7) is 2.59. The molecule has 0 aliphatic heterocycles. The highest BCUT2D eigenvalue weighted by atomic mass is 16.5. The van der Waals surface area contributed by atoms with E-state index in [0.717, 1.165) is 18.6 Å². The molecule has 0 bridgehead atoms. The molecule has 1 amide bonds. The Hall–Kier alpha value is -1.55. The third-order valence-electron chi connectivity index (χ3n) is 2.54. The van der Waals surface area contributed by atoms with E-state index in [9.17, 15) is 4.79 Å². The standard InChI is InChI=1S/C13H20N2O2/c1-3-4-11(14)9-15-13(16)10-5-7-12(17-2)8-6-10/h5-8,11H,3-4,9,14H2,1-2H3,(H,15,16). The van der Waals surface area contributed by atoms with Crippen LogP contribution in [0.1, 0.15) is 30.1 Å². The number of benzene rings is 1. The predicted molar refractivity (Wildman–Crippen MR) is 68.2 cm³/mol. The summed E-state index contributed by atoms with van der Waals surface area (Å²) in [5, 5.41) is 2.82. The normalized spacial score (nSPS) is 11.9. The second kappa shape index (κ2) is 6.91. The Bertz CT molecular complexity index is 349. The number of rotatable bonds is 6. The molecule has 17 heavy (non-hydrogen) atoms. The monoisotopic (exact) mass is 236 g/mol. The average molecular weight is 236 g/mol. The van der Waals surface area contributed by atoms with Crippen LogP contribution in [0.4, 0.5) is 0 Å². The third kappa shape index (κ3) is 4.44. The summed E-state index contributed by atoms with van der Waals surface area (Å²) < 4.78 is 5.03. The molecule has 4 nitrogen and oxygen atoms in total. The number of amides is 1. The Morgan fingerprint density at radius 1 is 1.41 bits per heavy atom. The van der Waals surface area contributed by atoms with Gasteiger partial charge in [-0.3, -0.25) is 4.79 Å². The van der Waals surface area contributed by atoms with Gasteiger partial charge >= 0.3 is 0 Å². The van der Waals surface area contributed by atoms with Gasteiger partial charge in [-0.05, 0) is 30.7 Å². The topological polar surface area (TPSA) is 64.3 Å². The number of nitrogens with one attached hydrogen (secondary N) is 1. The maximum Gasteiger partial charge on any atom is 0.251 e. The summed E-state index contributed by atoms with van der Waals surface area (Å²) in [6.07, 6.45) is 1.95. The van der Waals surface area contributed by atoms with Gasteiger partial charge in [-0.1, -0.05) is 13.3 Å². The molecule has 0 radical (unpaired) electrons. The van der Waals surface area contributed by atoms with Gasteiger partial charge in [0, 0.05) is 18.2 Å². The van der Waals surface area contributed by atoms with Crippen molar-refractivity contribution in [2.24, 2.45) is 5.73 Å². The fourth-order valence-electron chi connectivity index (χ4n) is 1.54. The van der Waals surface area contributed by atoms with Crippen LogP contribution in [0.5, 0.6) is 5.75 Å². The molecule has 1 unspecified atom stereocenters. The Morgan fingerprint density at radius 2 is 2.06 bits per heavy atom. The van der Waals surface area contributed by atoms with Gasteiger partial charge in [-0.25, -0.2) is 0 Å². The summed E-state index contributed by atoms with van der Waals surface area (Å²) >= 11 is 0. The van der Waals surface area contributed by atoms with E-state index >= 15 is 0 Å². The first-order valence-electron chi connectivity index (χ1n) is 5.85. The zero-order chi connectivity index (χ0) is 12.7. The number of hydrogen-bond donors (Lipinski definition) is 2. The molecular weight excluding hydrogens is 216 g/mol. The van der Waals surface area contributed by atoms with E-state index in [2.05, 4.69) is 12.2 Å². The number of carbonyl (C=O) groups is 1. The summed E-state index contributed by atoms with van der Waals surface area (Å²) in [5.41, 5.74) is 6.44. The van der Waals surface area contributed by atoms with Crippen molar-refractivity contribution in [1.29, 1.82) is 0 Å². The van der Waals surface area contributed by atoms with E-state index < -0.39 is 0 Å². The smallest absolute Gasteiger partial charge is 0.251 e. The molecule has 0 saturated carbocycles. The molecule has 0 fully saturated rings. The first-order chi connectivity index (χ1) is 8.17. The largest absolute Gasteiger partial charge is 0.497 e. The van der Waals surface area contributed by atoms with Crippen LogP contribution in [0, 0.1) is 0 Å². The fraction of sp³-hybridized carbons (Fsp3) is 0.462. The first-order valence-corrected chi connectivity index (χ1v) is 5.85. The molecule has 1 aromatic rings. The lowest BCUT2D eigenvalue weighted by Crippen LogP contribution is -2.37. The van der Waals surface area contributed by atoms with Crippen LogP contribution in [0.25, 0.3) is 0 Å². The molecule has 0 aliphatic carbocycles. The van der Waals surface area contributed by atoms with Gasteiger partial charge in [-0.15, -0.1) is 0 Å². The maximum absolute atomic E-state index is 11.7. The molecule has 0 spiro atoms. The van der Waals surface area contributed by atoms with Crippen molar-refractivity contribution in [3.8, 4) is 5.75 Å². The van der Waals surface area contributed by atoms with E-state index in [-0.39, 0.29) is 11.9 Å². The number of nitrogens with two attached hydrogens (primary N) is 1. The molecule has 3 N–H and O–H groups in total. The number of methoxy groups -OCH3 is 1. The van der Waals surface area contributed by atoms with Crippen LogP contribution in [-0.4, -0.2) is 25.6 Å². The van der Waals surface area contributed by atoms with Gasteiger partial charge in [0.2, 0.25) is 0 Å². The average Bonchev–Trinajstić information content (AvgIpc) is 2.36. The van der Waals surface area contributed by atoms with E-state index in [1.807, 2.05) is 0 Å². The van der Waals surface area contributed by atoms with Crippen LogP contribution >= 0.6 is 0 Å². The van der Waals surface area contributed by atoms with Crippen LogP contribution in [-0.2, 0) is 0 Å². The highest BCUT2D eigenvalue weighted by molar-refractivity contribution is 5.94. The second-order valence-electron chi connectivity index (χ2n) is 3.99. The Morgan fingerprint density at radius 3 is 2.59 bits per heavy atom. The van der Waals surface area contributed by atoms with Crippen LogP contribution < -0.4 is 15.8 Å². The summed E-state index contributed by atoms with van der Waals surface area (Å²) in [5.74, 6) is 0.642. The first kappa shape index (κ1) is 13.5. The fourth-order valence-corrected chi connectivity index (χ4v) is 1.54. The van der Waals surface area contributed by atoms with Crippen molar-refractivity contribution in [2.75, 3.05) is 13.7 Å². The molecule has 0 aromatic heterocycles. The van der Waals surface area contributed by atoms with E-state index in [0.29, 0.717) is 12.1 Å². The zero-order valence-corrected chi connectivity index (χ0v) is 10.4.